The number of benzene rings is 1. The van der Waals surface area contributed by atoms with Crippen LogP contribution in [0.25, 0.3) is 0 Å². The zero-order valence-electron chi connectivity index (χ0n) is 13.4. The number of sulfonamides is 1. The number of nitrogens with one attached hydrogen (secondary N) is 1. The van der Waals surface area contributed by atoms with Crippen LogP contribution in [0.3, 0.4) is 0 Å². The minimum Gasteiger partial charge on any atom is -0.373 e. The number of carbonyl (C=O) groups excluding carboxylic acids is 1. The molecule has 2 fully saturated rings. The third-order valence-electron chi connectivity index (χ3n) is 4.63. The van der Waals surface area contributed by atoms with Crippen molar-refractivity contribution < 1.29 is 17.9 Å². The Morgan fingerprint density at radius 1 is 1.30 bits per heavy atom. The van der Waals surface area contributed by atoms with Gasteiger partial charge in [0.2, 0.25) is 15.9 Å². The van der Waals surface area contributed by atoms with E-state index in [4.69, 9.17) is 4.74 Å². The quantitative estimate of drug-likeness (QED) is 0.885. The summed E-state index contributed by atoms with van der Waals surface area (Å²) in [6.07, 6.45) is 0.866. The van der Waals surface area contributed by atoms with Crippen molar-refractivity contribution in [2.75, 3.05) is 20.1 Å². The smallest absolute Gasteiger partial charge is 0.243 e. The number of amides is 1. The number of fused-ring (bicyclic) bond motifs is 1. The first kappa shape index (κ1) is 16.4. The summed E-state index contributed by atoms with van der Waals surface area (Å²) in [4.78, 5) is 11.8. The van der Waals surface area contributed by atoms with Crippen LogP contribution in [0.5, 0.6) is 0 Å². The second-order valence-corrected chi connectivity index (χ2v) is 8.24. The summed E-state index contributed by atoms with van der Waals surface area (Å²) in [6.45, 7) is 2.76. The molecule has 23 heavy (non-hydrogen) atoms. The fourth-order valence-corrected chi connectivity index (χ4v) is 4.83. The maximum absolute atomic E-state index is 12.7. The molecule has 6 nitrogen and oxygen atoms in total. The molecule has 126 valence electrons. The van der Waals surface area contributed by atoms with Gasteiger partial charge in [-0.25, -0.2) is 8.42 Å². The molecule has 2 aliphatic heterocycles. The zero-order valence-corrected chi connectivity index (χ0v) is 14.2. The fraction of sp³-hybridized carbons (Fsp3) is 0.562. The van der Waals surface area contributed by atoms with Gasteiger partial charge in [0.1, 0.15) is 0 Å². The Morgan fingerprint density at radius 3 is 2.61 bits per heavy atom. The molecule has 2 aliphatic rings. The minimum atomic E-state index is -3.47. The van der Waals surface area contributed by atoms with E-state index in [2.05, 4.69) is 5.32 Å². The standard InChI is InChI=1S/C16H22N2O4S/c1-11-3-5-14(6-4-11)23(20,21)18-9-12-7-13(8-16(19)17-2)22-15(12)10-18/h3-6,12-13,15H,7-10H2,1-2H3,(H,17,19)/t12-,13-,15+/m0/s1. The normalized spacial score (nSPS) is 27.8. The van der Waals surface area contributed by atoms with E-state index in [0.29, 0.717) is 24.4 Å². The van der Waals surface area contributed by atoms with E-state index in [9.17, 15) is 13.2 Å². The van der Waals surface area contributed by atoms with Gasteiger partial charge in [0, 0.05) is 26.1 Å². The zero-order chi connectivity index (χ0) is 16.6. The summed E-state index contributed by atoms with van der Waals surface area (Å²) < 4.78 is 32.8. The molecule has 1 aromatic carbocycles. The molecule has 3 atom stereocenters. The molecular weight excluding hydrogens is 316 g/mol. The molecule has 2 saturated heterocycles. The summed E-state index contributed by atoms with van der Waals surface area (Å²) in [7, 11) is -1.86. The van der Waals surface area contributed by atoms with Gasteiger partial charge in [0.25, 0.3) is 0 Å². The van der Waals surface area contributed by atoms with E-state index >= 15 is 0 Å². The Morgan fingerprint density at radius 2 is 2.00 bits per heavy atom. The summed E-state index contributed by atoms with van der Waals surface area (Å²) in [5.74, 6) is 0.129. The Balaban J connectivity index is 1.66. The first-order valence-corrected chi connectivity index (χ1v) is 9.27. The van der Waals surface area contributed by atoms with Crippen molar-refractivity contribution in [1.82, 2.24) is 9.62 Å². The molecule has 0 spiro atoms. The van der Waals surface area contributed by atoms with Gasteiger partial charge in [-0.05, 0) is 25.5 Å². The largest absolute Gasteiger partial charge is 0.373 e. The second kappa shape index (κ2) is 6.22. The number of aryl methyl sites for hydroxylation is 1. The van der Waals surface area contributed by atoms with Crippen LogP contribution in [-0.4, -0.2) is 51.0 Å². The van der Waals surface area contributed by atoms with Gasteiger partial charge in [-0.3, -0.25) is 4.79 Å². The van der Waals surface area contributed by atoms with E-state index in [1.807, 2.05) is 6.92 Å². The highest BCUT2D eigenvalue weighted by Crippen LogP contribution is 2.36. The van der Waals surface area contributed by atoms with Crippen LogP contribution in [0.1, 0.15) is 18.4 Å². The van der Waals surface area contributed by atoms with Crippen LogP contribution in [0.2, 0.25) is 0 Å². The molecule has 0 radical (unpaired) electrons. The lowest BCUT2D eigenvalue weighted by atomic mass is 10.0. The maximum Gasteiger partial charge on any atom is 0.243 e. The minimum absolute atomic E-state index is 0.0425. The van der Waals surface area contributed by atoms with Crippen molar-refractivity contribution in [3.8, 4) is 0 Å². The Bertz CT molecular complexity index is 673. The molecular formula is C16H22N2O4S. The molecule has 0 aliphatic carbocycles. The molecule has 0 saturated carbocycles. The Labute approximate surface area is 136 Å². The molecule has 1 N–H and O–H groups in total. The van der Waals surface area contributed by atoms with Crippen LogP contribution in [0.15, 0.2) is 29.2 Å². The number of carbonyl (C=O) groups is 1. The highest BCUT2D eigenvalue weighted by molar-refractivity contribution is 7.89. The molecule has 1 amide bonds. The van der Waals surface area contributed by atoms with Crippen molar-refractivity contribution in [2.24, 2.45) is 5.92 Å². The summed E-state index contributed by atoms with van der Waals surface area (Å²) >= 11 is 0. The van der Waals surface area contributed by atoms with Crippen LogP contribution in [0.4, 0.5) is 0 Å². The van der Waals surface area contributed by atoms with E-state index in [-0.39, 0.29) is 24.0 Å². The van der Waals surface area contributed by atoms with Crippen LogP contribution in [-0.2, 0) is 19.6 Å². The number of ether oxygens (including phenoxy) is 1. The number of nitrogens with zero attached hydrogens (tertiary/aromatic N) is 1. The summed E-state index contributed by atoms with van der Waals surface area (Å²) in [5.41, 5.74) is 1.03. The average Bonchev–Trinajstić information content (AvgIpc) is 3.06. The van der Waals surface area contributed by atoms with E-state index in [1.54, 1.807) is 31.3 Å². The molecule has 3 rings (SSSR count). The topological polar surface area (TPSA) is 75.7 Å². The molecule has 0 bridgehead atoms. The number of hydrogen-bond donors (Lipinski definition) is 1. The van der Waals surface area contributed by atoms with Crippen LogP contribution in [0, 0.1) is 12.8 Å². The molecule has 1 aromatic rings. The lowest BCUT2D eigenvalue weighted by Crippen LogP contribution is -2.32. The third-order valence-corrected chi connectivity index (χ3v) is 6.48. The van der Waals surface area contributed by atoms with Crippen molar-refractivity contribution in [2.45, 2.75) is 36.9 Å². The van der Waals surface area contributed by atoms with E-state index < -0.39 is 10.0 Å². The van der Waals surface area contributed by atoms with E-state index in [0.717, 1.165) is 12.0 Å². The number of hydrogen-bond acceptors (Lipinski definition) is 4. The first-order valence-electron chi connectivity index (χ1n) is 7.83. The Kier molecular flexibility index (Phi) is 4.44. The van der Waals surface area contributed by atoms with Gasteiger partial charge in [-0.2, -0.15) is 4.31 Å². The Hall–Kier alpha value is -1.44. The van der Waals surface area contributed by atoms with Crippen molar-refractivity contribution >= 4 is 15.9 Å². The van der Waals surface area contributed by atoms with Gasteiger partial charge >= 0.3 is 0 Å². The lowest BCUT2D eigenvalue weighted by molar-refractivity contribution is -0.123. The number of rotatable bonds is 4. The molecule has 0 aromatic heterocycles. The van der Waals surface area contributed by atoms with Crippen LogP contribution >= 0.6 is 0 Å². The monoisotopic (exact) mass is 338 g/mol. The maximum atomic E-state index is 12.7. The highest BCUT2D eigenvalue weighted by Gasteiger charge is 2.46. The predicted molar refractivity (Wildman–Crippen MR) is 85.4 cm³/mol. The SMILES string of the molecule is CNC(=O)C[C@@H]1C[C@H]2CN(S(=O)(=O)c3ccc(C)cc3)C[C@H]2O1. The average molecular weight is 338 g/mol. The highest BCUT2D eigenvalue weighted by atomic mass is 32.2. The van der Waals surface area contributed by atoms with Gasteiger partial charge in [0.15, 0.2) is 0 Å². The van der Waals surface area contributed by atoms with Gasteiger partial charge in [-0.1, -0.05) is 17.7 Å². The lowest BCUT2D eigenvalue weighted by Gasteiger charge is -2.19. The molecule has 7 heteroatoms. The van der Waals surface area contributed by atoms with Crippen molar-refractivity contribution in [1.29, 1.82) is 0 Å². The molecule has 0 unspecified atom stereocenters. The molecule has 2 heterocycles. The van der Waals surface area contributed by atoms with Crippen LogP contribution < -0.4 is 5.32 Å². The second-order valence-electron chi connectivity index (χ2n) is 6.30. The summed E-state index contributed by atoms with van der Waals surface area (Å²) in [6, 6.07) is 6.90. The third kappa shape index (κ3) is 3.27. The van der Waals surface area contributed by atoms with Gasteiger partial charge in [-0.15, -0.1) is 0 Å². The van der Waals surface area contributed by atoms with Gasteiger partial charge < -0.3 is 10.1 Å². The van der Waals surface area contributed by atoms with Crippen molar-refractivity contribution in [3.63, 3.8) is 0 Å². The first-order chi connectivity index (χ1) is 10.9. The van der Waals surface area contributed by atoms with Gasteiger partial charge in [0.05, 0.1) is 23.5 Å². The van der Waals surface area contributed by atoms with Crippen molar-refractivity contribution in [3.05, 3.63) is 29.8 Å². The predicted octanol–water partition coefficient (Wildman–Crippen LogP) is 0.909. The summed E-state index contributed by atoms with van der Waals surface area (Å²) in [5, 5.41) is 2.59. The van der Waals surface area contributed by atoms with E-state index in [1.165, 1.54) is 4.31 Å². The fourth-order valence-electron chi connectivity index (χ4n) is 3.32.